The molecule has 2 rings (SSSR count). The van der Waals surface area contributed by atoms with Crippen LogP contribution in [0.3, 0.4) is 0 Å². The highest BCUT2D eigenvalue weighted by atomic mass is 79.9. The molecule has 92 valence electrons. The summed E-state index contributed by atoms with van der Waals surface area (Å²) >= 11 is 3.50. The number of halogens is 1. The fourth-order valence-corrected chi connectivity index (χ4v) is 2.73. The predicted octanol–water partition coefficient (Wildman–Crippen LogP) is 2.64. The Balaban J connectivity index is 2.09. The van der Waals surface area contributed by atoms with Crippen LogP contribution in [0.2, 0.25) is 0 Å². The first kappa shape index (κ1) is 12.6. The largest absolute Gasteiger partial charge is 0.337 e. The molecule has 4 heteroatoms. The second-order valence-electron chi connectivity index (χ2n) is 4.58. The van der Waals surface area contributed by atoms with Crippen LogP contribution in [0.25, 0.3) is 0 Å². The van der Waals surface area contributed by atoms with Gasteiger partial charge in [-0.25, -0.2) is 4.98 Å². The van der Waals surface area contributed by atoms with E-state index in [1.807, 2.05) is 24.0 Å². The van der Waals surface area contributed by atoms with Gasteiger partial charge in [0.2, 0.25) is 0 Å². The maximum absolute atomic E-state index is 12.3. The zero-order valence-corrected chi connectivity index (χ0v) is 11.6. The molecule has 1 atom stereocenters. The second kappa shape index (κ2) is 5.63. The smallest absolute Gasteiger partial charge is 0.272 e. The van der Waals surface area contributed by atoms with Crippen molar-refractivity contribution in [2.45, 2.75) is 19.8 Å². The van der Waals surface area contributed by atoms with E-state index in [0.29, 0.717) is 11.6 Å². The van der Waals surface area contributed by atoms with E-state index in [4.69, 9.17) is 0 Å². The lowest BCUT2D eigenvalue weighted by atomic mass is 10.00. The lowest BCUT2D eigenvalue weighted by Crippen LogP contribution is -2.40. The average molecular weight is 297 g/mol. The van der Waals surface area contributed by atoms with Crippen molar-refractivity contribution in [3.63, 3.8) is 0 Å². The van der Waals surface area contributed by atoms with Gasteiger partial charge in [0.25, 0.3) is 5.91 Å². The molecule has 17 heavy (non-hydrogen) atoms. The van der Waals surface area contributed by atoms with E-state index in [-0.39, 0.29) is 5.91 Å². The molecule has 1 amide bonds. The van der Waals surface area contributed by atoms with Crippen LogP contribution >= 0.6 is 15.9 Å². The van der Waals surface area contributed by atoms with E-state index < -0.39 is 0 Å². The number of carbonyl (C=O) groups is 1. The van der Waals surface area contributed by atoms with Crippen molar-refractivity contribution < 1.29 is 4.79 Å². The molecule has 0 N–H and O–H groups in total. The molecule has 1 fully saturated rings. The number of aromatic nitrogens is 1. The summed E-state index contributed by atoms with van der Waals surface area (Å²) in [5.41, 5.74) is 1.46. The number of carbonyl (C=O) groups excluding carboxylic acids is 1. The van der Waals surface area contributed by atoms with E-state index in [1.165, 1.54) is 6.42 Å². The van der Waals surface area contributed by atoms with E-state index in [0.717, 1.165) is 30.5 Å². The van der Waals surface area contributed by atoms with Gasteiger partial charge in [0.15, 0.2) is 0 Å². The Labute approximate surface area is 110 Å². The summed E-state index contributed by atoms with van der Waals surface area (Å²) in [5, 5.41) is 0.970. The second-order valence-corrected chi connectivity index (χ2v) is 5.23. The SMILES string of the molecule is Cc1cccc(C(=O)N2CCCC(CBr)C2)n1. The highest BCUT2D eigenvalue weighted by Crippen LogP contribution is 2.19. The van der Waals surface area contributed by atoms with Crippen molar-refractivity contribution >= 4 is 21.8 Å². The third-order valence-corrected chi connectivity index (χ3v) is 4.05. The minimum Gasteiger partial charge on any atom is -0.337 e. The zero-order chi connectivity index (χ0) is 12.3. The van der Waals surface area contributed by atoms with Gasteiger partial charge in [-0.3, -0.25) is 4.79 Å². The van der Waals surface area contributed by atoms with Crippen molar-refractivity contribution in [2.24, 2.45) is 5.92 Å². The minimum atomic E-state index is 0.0688. The van der Waals surface area contributed by atoms with Crippen molar-refractivity contribution in [3.05, 3.63) is 29.6 Å². The van der Waals surface area contributed by atoms with Crippen molar-refractivity contribution in [3.8, 4) is 0 Å². The fourth-order valence-electron chi connectivity index (χ4n) is 2.20. The van der Waals surface area contributed by atoms with Gasteiger partial charge in [0.1, 0.15) is 5.69 Å². The van der Waals surface area contributed by atoms with Gasteiger partial charge in [0.05, 0.1) is 0 Å². The van der Waals surface area contributed by atoms with Gasteiger partial charge >= 0.3 is 0 Å². The van der Waals surface area contributed by atoms with E-state index in [1.54, 1.807) is 6.07 Å². The van der Waals surface area contributed by atoms with Gasteiger partial charge in [-0.2, -0.15) is 0 Å². The number of hydrogen-bond acceptors (Lipinski definition) is 2. The monoisotopic (exact) mass is 296 g/mol. The van der Waals surface area contributed by atoms with Crippen molar-refractivity contribution in [2.75, 3.05) is 18.4 Å². The molecule has 0 aliphatic carbocycles. The molecule has 1 unspecified atom stereocenters. The molecule has 1 aliphatic rings. The lowest BCUT2D eigenvalue weighted by molar-refractivity contribution is 0.0680. The number of nitrogens with zero attached hydrogens (tertiary/aromatic N) is 2. The van der Waals surface area contributed by atoms with E-state index in [9.17, 15) is 4.79 Å². The van der Waals surface area contributed by atoms with Crippen molar-refractivity contribution in [1.29, 1.82) is 0 Å². The molecule has 3 nitrogen and oxygen atoms in total. The summed E-state index contributed by atoms with van der Waals surface area (Å²) in [7, 11) is 0. The van der Waals surface area contributed by atoms with Crippen LogP contribution in [0.4, 0.5) is 0 Å². The van der Waals surface area contributed by atoms with Crippen LogP contribution in [0.1, 0.15) is 29.0 Å². The number of piperidine rings is 1. The Bertz CT molecular complexity index is 408. The summed E-state index contributed by atoms with van der Waals surface area (Å²) in [4.78, 5) is 18.5. The number of rotatable bonds is 2. The fraction of sp³-hybridized carbons (Fsp3) is 0.538. The molecular formula is C13H17BrN2O. The number of alkyl halides is 1. The third-order valence-electron chi connectivity index (χ3n) is 3.13. The normalized spacial score (nSPS) is 20.4. The van der Waals surface area contributed by atoms with Crippen LogP contribution in [-0.2, 0) is 0 Å². The Hall–Kier alpha value is -0.900. The number of pyridine rings is 1. The van der Waals surface area contributed by atoms with Gasteiger partial charge in [0, 0.05) is 24.1 Å². The van der Waals surface area contributed by atoms with Crippen LogP contribution in [-0.4, -0.2) is 34.2 Å². The Kier molecular flexibility index (Phi) is 4.15. The number of hydrogen-bond donors (Lipinski definition) is 0. The number of likely N-dealkylation sites (tertiary alicyclic amines) is 1. The van der Waals surface area contributed by atoms with Gasteiger partial charge in [-0.15, -0.1) is 0 Å². The maximum atomic E-state index is 12.3. The van der Waals surface area contributed by atoms with E-state index in [2.05, 4.69) is 20.9 Å². The summed E-state index contributed by atoms with van der Waals surface area (Å²) in [6.45, 7) is 3.62. The first-order valence-corrected chi connectivity index (χ1v) is 7.11. The first-order chi connectivity index (χ1) is 8.20. The van der Waals surface area contributed by atoms with E-state index >= 15 is 0 Å². The molecule has 2 heterocycles. The summed E-state index contributed by atoms with van der Waals surface area (Å²) in [5.74, 6) is 0.650. The Morgan fingerprint density at radius 3 is 3.12 bits per heavy atom. The Morgan fingerprint density at radius 2 is 2.41 bits per heavy atom. The quantitative estimate of drug-likeness (QED) is 0.786. The molecule has 1 aromatic rings. The van der Waals surface area contributed by atoms with Gasteiger partial charge < -0.3 is 4.90 Å². The van der Waals surface area contributed by atoms with Crippen LogP contribution in [0.5, 0.6) is 0 Å². The molecule has 1 saturated heterocycles. The molecule has 0 bridgehead atoms. The minimum absolute atomic E-state index is 0.0688. The zero-order valence-electron chi connectivity index (χ0n) is 10.0. The third kappa shape index (κ3) is 3.06. The van der Waals surface area contributed by atoms with Gasteiger partial charge in [-0.05, 0) is 37.8 Å². The lowest BCUT2D eigenvalue weighted by Gasteiger charge is -2.31. The Morgan fingerprint density at radius 1 is 1.59 bits per heavy atom. The average Bonchev–Trinajstić information content (AvgIpc) is 2.38. The maximum Gasteiger partial charge on any atom is 0.272 e. The summed E-state index contributed by atoms with van der Waals surface area (Å²) in [6, 6.07) is 5.60. The highest BCUT2D eigenvalue weighted by Gasteiger charge is 2.24. The molecule has 0 spiro atoms. The molecule has 0 saturated carbocycles. The molecule has 0 aromatic carbocycles. The molecule has 1 aromatic heterocycles. The first-order valence-electron chi connectivity index (χ1n) is 5.99. The van der Waals surface area contributed by atoms with Crippen LogP contribution in [0.15, 0.2) is 18.2 Å². The molecule has 1 aliphatic heterocycles. The molecule has 0 radical (unpaired) electrons. The number of aryl methyl sites for hydroxylation is 1. The summed E-state index contributed by atoms with van der Waals surface area (Å²) < 4.78 is 0. The number of amides is 1. The standard InChI is InChI=1S/C13H17BrN2O/c1-10-4-2-6-12(15-10)13(17)16-7-3-5-11(8-14)9-16/h2,4,6,11H,3,5,7-9H2,1H3. The van der Waals surface area contributed by atoms with Gasteiger partial charge in [-0.1, -0.05) is 22.0 Å². The predicted molar refractivity (Wildman–Crippen MR) is 71.4 cm³/mol. The summed E-state index contributed by atoms with van der Waals surface area (Å²) in [6.07, 6.45) is 2.30. The highest BCUT2D eigenvalue weighted by molar-refractivity contribution is 9.09. The van der Waals surface area contributed by atoms with Crippen LogP contribution < -0.4 is 0 Å². The van der Waals surface area contributed by atoms with Crippen molar-refractivity contribution in [1.82, 2.24) is 9.88 Å². The molecular weight excluding hydrogens is 280 g/mol. The van der Waals surface area contributed by atoms with Crippen LogP contribution in [0, 0.1) is 12.8 Å². The topological polar surface area (TPSA) is 33.2 Å².